The molecule has 0 aromatic carbocycles. The van der Waals surface area contributed by atoms with Crippen LogP contribution in [-0.2, 0) is 0 Å². The summed E-state index contributed by atoms with van der Waals surface area (Å²) in [6, 6.07) is 0. The van der Waals surface area contributed by atoms with Crippen LogP contribution in [0, 0.1) is 23.4 Å². The Morgan fingerprint density at radius 2 is 1.12 bits per heavy atom. The average molecular weight is 223 g/mol. The molecule has 2 saturated carbocycles. The van der Waals surface area contributed by atoms with Crippen molar-refractivity contribution in [2.24, 2.45) is 11.8 Å². The Morgan fingerprint density at radius 1 is 0.812 bits per heavy atom. The molecule has 0 spiro atoms. The highest BCUT2D eigenvalue weighted by molar-refractivity contribution is 4.73. The second-order valence-corrected chi connectivity index (χ2v) is 5.34. The molecule has 92 valence electrons. The molecule has 0 amide bonds. The maximum absolute atomic E-state index is 6.88. The van der Waals surface area contributed by atoms with Gasteiger partial charge in [0.2, 0.25) is 0 Å². The van der Waals surface area contributed by atoms with Crippen molar-refractivity contribution in [3.8, 4) is 6.26 Å². The first-order valence-electron chi connectivity index (χ1n) is 6.90. The molecule has 0 aromatic heterocycles. The third-order valence-corrected chi connectivity index (χ3v) is 4.12. The van der Waals surface area contributed by atoms with E-state index in [4.69, 9.17) is 10.4 Å². The molecule has 0 unspecified atom stereocenters. The number of aliphatic hydroxyl groups is 1. The molecule has 0 atom stereocenters. The van der Waals surface area contributed by atoms with E-state index in [2.05, 4.69) is 0 Å². The Kier molecular flexibility index (Phi) is 7.05. The van der Waals surface area contributed by atoms with Crippen LogP contribution < -0.4 is 0 Å². The standard InChI is InChI=1S/C13H24.CHNO/c1-3-7-12(8-4-1)11-13-9-5-2-6-10-13;2-1-3/h12-13H,1-11H2;3H. The van der Waals surface area contributed by atoms with Crippen LogP contribution >= 0.6 is 0 Å². The van der Waals surface area contributed by atoms with Crippen LogP contribution in [0.4, 0.5) is 0 Å². The molecule has 0 aromatic rings. The molecule has 2 aliphatic rings. The summed E-state index contributed by atoms with van der Waals surface area (Å²) >= 11 is 0. The second kappa shape index (κ2) is 8.44. The highest BCUT2D eigenvalue weighted by Crippen LogP contribution is 2.34. The Balaban J connectivity index is 0.000000386. The predicted molar refractivity (Wildman–Crippen MR) is 65.3 cm³/mol. The monoisotopic (exact) mass is 223 g/mol. The van der Waals surface area contributed by atoms with Crippen LogP contribution in [0.1, 0.15) is 70.6 Å². The van der Waals surface area contributed by atoms with E-state index in [9.17, 15) is 0 Å². The van der Waals surface area contributed by atoms with E-state index < -0.39 is 0 Å². The molecular weight excluding hydrogens is 198 g/mol. The van der Waals surface area contributed by atoms with Crippen LogP contribution in [-0.4, -0.2) is 5.11 Å². The zero-order valence-electron chi connectivity index (χ0n) is 10.3. The molecule has 16 heavy (non-hydrogen) atoms. The van der Waals surface area contributed by atoms with Gasteiger partial charge in [-0.2, -0.15) is 5.26 Å². The topological polar surface area (TPSA) is 44.0 Å². The van der Waals surface area contributed by atoms with Crippen molar-refractivity contribution in [2.45, 2.75) is 70.6 Å². The third kappa shape index (κ3) is 5.39. The van der Waals surface area contributed by atoms with Crippen molar-refractivity contribution >= 4 is 0 Å². The largest absolute Gasteiger partial charge is 0.443 e. The van der Waals surface area contributed by atoms with Gasteiger partial charge in [0, 0.05) is 0 Å². The van der Waals surface area contributed by atoms with Gasteiger partial charge in [0.05, 0.1) is 0 Å². The van der Waals surface area contributed by atoms with Crippen LogP contribution in [0.25, 0.3) is 0 Å². The average Bonchev–Trinajstić information content (AvgIpc) is 2.33. The fourth-order valence-electron chi connectivity index (χ4n) is 3.32. The molecule has 0 heterocycles. The summed E-state index contributed by atoms with van der Waals surface area (Å²) in [6.07, 6.45) is 17.7. The molecule has 2 heteroatoms. The molecule has 2 aliphatic carbocycles. The quantitative estimate of drug-likeness (QED) is 0.706. The smallest absolute Gasteiger partial charge is 0.283 e. The van der Waals surface area contributed by atoms with Crippen LogP contribution in [0.5, 0.6) is 0 Å². The van der Waals surface area contributed by atoms with E-state index in [1.54, 1.807) is 32.1 Å². The summed E-state index contributed by atoms with van der Waals surface area (Å²) in [6.45, 7) is 0. The van der Waals surface area contributed by atoms with Gasteiger partial charge < -0.3 is 5.11 Å². The molecular formula is C14H25NO. The molecule has 2 fully saturated rings. The molecule has 2 nitrogen and oxygen atoms in total. The lowest BCUT2D eigenvalue weighted by atomic mass is 9.78. The van der Waals surface area contributed by atoms with E-state index in [1.807, 2.05) is 0 Å². The molecule has 0 aliphatic heterocycles. The lowest BCUT2D eigenvalue weighted by Gasteiger charge is -2.28. The van der Waals surface area contributed by atoms with Gasteiger partial charge in [0.15, 0.2) is 0 Å². The SMILES string of the molecule is C1CCC(CC2CCCCC2)CC1.N#CO. The Morgan fingerprint density at radius 3 is 1.44 bits per heavy atom. The van der Waals surface area contributed by atoms with Crippen molar-refractivity contribution in [3.63, 3.8) is 0 Å². The van der Waals surface area contributed by atoms with Crippen LogP contribution in [0.2, 0.25) is 0 Å². The summed E-state index contributed by atoms with van der Waals surface area (Å²) in [4.78, 5) is 0. The van der Waals surface area contributed by atoms with E-state index >= 15 is 0 Å². The number of nitrogens with zero attached hydrogens (tertiary/aromatic N) is 1. The Labute approximate surface area is 99.7 Å². The minimum Gasteiger partial charge on any atom is -0.443 e. The van der Waals surface area contributed by atoms with E-state index in [0.29, 0.717) is 0 Å². The highest BCUT2D eigenvalue weighted by Gasteiger charge is 2.20. The highest BCUT2D eigenvalue weighted by atomic mass is 16.2. The molecule has 1 N–H and O–H groups in total. The van der Waals surface area contributed by atoms with Gasteiger partial charge in [-0.25, -0.2) is 0 Å². The van der Waals surface area contributed by atoms with Crippen LogP contribution in [0.15, 0.2) is 0 Å². The zero-order chi connectivity index (χ0) is 11.6. The van der Waals surface area contributed by atoms with Crippen molar-refractivity contribution < 1.29 is 5.11 Å². The summed E-state index contributed by atoms with van der Waals surface area (Å²) in [5.41, 5.74) is 0. The van der Waals surface area contributed by atoms with Gasteiger partial charge in [-0.1, -0.05) is 64.2 Å². The fourth-order valence-corrected chi connectivity index (χ4v) is 3.32. The van der Waals surface area contributed by atoms with Gasteiger partial charge in [-0.3, -0.25) is 0 Å². The first-order valence-corrected chi connectivity index (χ1v) is 6.90. The number of hydrogen-bond acceptors (Lipinski definition) is 2. The summed E-state index contributed by atoms with van der Waals surface area (Å²) in [5.74, 6) is 2.24. The summed E-state index contributed by atoms with van der Waals surface area (Å²) in [5, 5.41) is 13.8. The maximum atomic E-state index is 6.88. The minimum absolute atomic E-state index is 0.750. The molecule has 2 rings (SSSR count). The van der Waals surface area contributed by atoms with Gasteiger partial charge in [-0.15, -0.1) is 0 Å². The van der Waals surface area contributed by atoms with Crippen molar-refractivity contribution in [3.05, 3.63) is 0 Å². The lowest BCUT2D eigenvalue weighted by molar-refractivity contribution is 0.244. The molecule has 0 saturated heterocycles. The first kappa shape index (κ1) is 13.4. The Bertz CT molecular complexity index is 181. The normalized spacial score (nSPS) is 22.9. The summed E-state index contributed by atoms with van der Waals surface area (Å²) in [7, 11) is 0. The maximum Gasteiger partial charge on any atom is 0.283 e. The fraction of sp³-hybridized carbons (Fsp3) is 0.929. The number of aliphatic hydroxyl groups excluding tert-OH is 1. The third-order valence-electron chi connectivity index (χ3n) is 4.12. The molecule has 0 radical (unpaired) electrons. The number of nitriles is 1. The van der Waals surface area contributed by atoms with Gasteiger partial charge in [0.1, 0.15) is 0 Å². The Hall–Kier alpha value is -0.710. The summed E-state index contributed by atoms with van der Waals surface area (Å²) < 4.78 is 0. The van der Waals surface area contributed by atoms with Crippen LogP contribution in [0.3, 0.4) is 0 Å². The van der Waals surface area contributed by atoms with E-state index in [-0.39, 0.29) is 0 Å². The van der Waals surface area contributed by atoms with E-state index in [0.717, 1.165) is 18.1 Å². The van der Waals surface area contributed by atoms with Crippen molar-refractivity contribution in [1.82, 2.24) is 0 Å². The second-order valence-electron chi connectivity index (χ2n) is 5.34. The van der Waals surface area contributed by atoms with Crippen molar-refractivity contribution in [2.75, 3.05) is 0 Å². The minimum atomic E-state index is 0.750. The van der Waals surface area contributed by atoms with Gasteiger partial charge in [-0.05, 0) is 18.3 Å². The number of hydrogen-bond donors (Lipinski definition) is 1. The lowest BCUT2D eigenvalue weighted by Crippen LogP contribution is -2.14. The first-order chi connectivity index (χ1) is 7.86. The zero-order valence-corrected chi connectivity index (χ0v) is 10.3. The van der Waals surface area contributed by atoms with Gasteiger partial charge >= 0.3 is 0 Å². The van der Waals surface area contributed by atoms with E-state index in [1.165, 1.54) is 38.5 Å². The predicted octanol–water partition coefficient (Wildman–Crippen LogP) is 4.38. The van der Waals surface area contributed by atoms with Gasteiger partial charge in [0.25, 0.3) is 6.26 Å². The molecule has 0 bridgehead atoms. The van der Waals surface area contributed by atoms with Crippen molar-refractivity contribution in [1.29, 1.82) is 5.26 Å². The number of rotatable bonds is 2.